The van der Waals surface area contributed by atoms with Crippen LogP contribution in [0.4, 0.5) is 18.9 Å². The minimum atomic E-state index is -4.86. The molecule has 0 atom stereocenters. The van der Waals surface area contributed by atoms with Crippen molar-refractivity contribution in [1.29, 1.82) is 0 Å². The number of rotatable bonds is 5. The second-order valence-corrected chi connectivity index (χ2v) is 5.16. The number of hydrogen-bond acceptors (Lipinski definition) is 5. The molecule has 0 radical (unpaired) electrons. The van der Waals surface area contributed by atoms with Crippen molar-refractivity contribution in [2.75, 3.05) is 18.5 Å². The summed E-state index contributed by atoms with van der Waals surface area (Å²) < 4.78 is 40.7. The number of nitrogens with one attached hydrogen (secondary N) is 1. The molecule has 1 aliphatic heterocycles. The Balaban J connectivity index is 2.21. The molecule has 0 aliphatic carbocycles. The third-order valence-electron chi connectivity index (χ3n) is 2.79. The number of aliphatic hydroxyl groups is 1. The molecule has 6 nitrogen and oxygen atoms in total. The number of benzene rings is 1. The lowest BCUT2D eigenvalue weighted by Crippen LogP contribution is -2.34. The topological polar surface area (TPSA) is 78.9 Å². The van der Waals surface area contributed by atoms with Crippen LogP contribution >= 0.6 is 15.9 Å². The SMILES string of the molecule is O=C1C=C(Nc2cccc(OC(F)(F)F)c2Br)C(=O)N1CCO. The van der Waals surface area contributed by atoms with E-state index in [2.05, 4.69) is 26.0 Å². The first-order valence-electron chi connectivity index (χ1n) is 6.22. The minimum absolute atomic E-state index is 0.0564. The summed E-state index contributed by atoms with van der Waals surface area (Å²) in [5.74, 6) is -1.80. The van der Waals surface area contributed by atoms with Crippen molar-refractivity contribution in [2.45, 2.75) is 6.36 Å². The maximum atomic E-state index is 12.3. The van der Waals surface area contributed by atoms with Crippen LogP contribution in [0.25, 0.3) is 0 Å². The van der Waals surface area contributed by atoms with Gasteiger partial charge in [-0.05, 0) is 28.1 Å². The van der Waals surface area contributed by atoms with E-state index >= 15 is 0 Å². The monoisotopic (exact) mass is 394 g/mol. The number of anilines is 1. The molecular weight excluding hydrogens is 385 g/mol. The van der Waals surface area contributed by atoms with Gasteiger partial charge in [0.2, 0.25) is 0 Å². The van der Waals surface area contributed by atoms with Crippen molar-refractivity contribution in [3.8, 4) is 5.75 Å². The first-order chi connectivity index (χ1) is 10.7. The van der Waals surface area contributed by atoms with Gasteiger partial charge >= 0.3 is 6.36 Å². The maximum absolute atomic E-state index is 12.3. The van der Waals surface area contributed by atoms with Crippen LogP contribution < -0.4 is 10.1 Å². The summed E-state index contributed by atoms with van der Waals surface area (Å²) in [4.78, 5) is 24.4. The number of imide groups is 1. The first kappa shape index (κ1) is 17.3. The average molecular weight is 395 g/mol. The molecule has 1 aromatic rings. The molecule has 1 aromatic carbocycles. The summed E-state index contributed by atoms with van der Waals surface area (Å²) in [5.41, 5.74) is -0.00157. The zero-order chi connectivity index (χ0) is 17.2. The summed E-state index contributed by atoms with van der Waals surface area (Å²) in [7, 11) is 0. The van der Waals surface area contributed by atoms with Crippen LogP contribution in [0.15, 0.2) is 34.4 Å². The summed E-state index contributed by atoms with van der Waals surface area (Å²) >= 11 is 2.96. The van der Waals surface area contributed by atoms with E-state index in [1.54, 1.807) is 0 Å². The van der Waals surface area contributed by atoms with Crippen LogP contribution in [-0.2, 0) is 9.59 Å². The average Bonchev–Trinajstić information content (AvgIpc) is 2.70. The fourth-order valence-corrected chi connectivity index (χ4v) is 2.31. The van der Waals surface area contributed by atoms with Gasteiger partial charge in [0.25, 0.3) is 11.8 Å². The van der Waals surface area contributed by atoms with E-state index in [0.717, 1.165) is 17.0 Å². The molecule has 0 aromatic heterocycles. The lowest BCUT2D eigenvalue weighted by molar-refractivity contribution is -0.274. The number of aliphatic hydroxyl groups excluding tert-OH is 1. The molecule has 1 heterocycles. The molecule has 0 fully saturated rings. The van der Waals surface area contributed by atoms with Gasteiger partial charge in [0, 0.05) is 6.08 Å². The second kappa shape index (κ2) is 6.59. The fraction of sp³-hybridized carbons (Fsp3) is 0.231. The van der Waals surface area contributed by atoms with E-state index in [1.165, 1.54) is 12.1 Å². The molecule has 0 spiro atoms. The van der Waals surface area contributed by atoms with Gasteiger partial charge in [-0.25, -0.2) is 0 Å². The Morgan fingerprint density at radius 1 is 1.30 bits per heavy atom. The van der Waals surface area contributed by atoms with Gasteiger partial charge in [0.05, 0.1) is 23.3 Å². The van der Waals surface area contributed by atoms with Crippen LogP contribution in [0.5, 0.6) is 5.75 Å². The highest BCUT2D eigenvalue weighted by Crippen LogP contribution is 2.36. The van der Waals surface area contributed by atoms with Gasteiger partial charge in [-0.2, -0.15) is 0 Å². The van der Waals surface area contributed by atoms with Crippen LogP contribution in [0.3, 0.4) is 0 Å². The van der Waals surface area contributed by atoms with Gasteiger partial charge < -0.3 is 15.2 Å². The minimum Gasteiger partial charge on any atom is -0.405 e. The van der Waals surface area contributed by atoms with Gasteiger partial charge in [-0.1, -0.05) is 6.07 Å². The first-order valence-corrected chi connectivity index (χ1v) is 7.02. The Kier molecular flexibility index (Phi) is 4.95. The molecular formula is C13H10BrF3N2O4. The summed E-state index contributed by atoms with van der Waals surface area (Å²) in [6.45, 7) is -0.561. The molecule has 2 N–H and O–H groups in total. The zero-order valence-corrected chi connectivity index (χ0v) is 12.9. The molecule has 1 aliphatic rings. The van der Waals surface area contributed by atoms with Crippen LogP contribution in [-0.4, -0.2) is 41.3 Å². The van der Waals surface area contributed by atoms with Gasteiger partial charge in [-0.15, -0.1) is 13.2 Å². The van der Waals surface area contributed by atoms with Crippen LogP contribution in [0.1, 0.15) is 0 Å². The smallest absolute Gasteiger partial charge is 0.405 e. The maximum Gasteiger partial charge on any atom is 0.573 e. The summed E-state index contributed by atoms with van der Waals surface area (Å²) in [6.07, 6.45) is -3.86. The normalized spacial score (nSPS) is 15.0. The van der Waals surface area contributed by atoms with Crippen molar-refractivity contribution in [3.05, 3.63) is 34.4 Å². The van der Waals surface area contributed by atoms with Gasteiger partial charge in [0.1, 0.15) is 11.4 Å². The third kappa shape index (κ3) is 4.02. The summed E-state index contributed by atoms with van der Waals surface area (Å²) in [6, 6.07) is 3.79. The van der Waals surface area contributed by atoms with E-state index in [1.807, 2.05) is 0 Å². The molecule has 0 unspecified atom stereocenters. The second-order valence-electron chi connectivity index (χ2n) is 4.37. The number of alkyl halides is 3. The lowest BCUT2D eigenvalue weighted by atomic mass is 10.3. The van der Waals surface area contributed by atoms with Crippen molar-refractivity contribution in [1.82, 2.24) is 4.90 Å². The van der Waals surface area contributed by atoms with Crippen LogP contribution in [0.2, 0.25) is 0 Å². The van der Waals surface area contributed by atoms with Crippen molar-refractivity contribution < 1.29 is 32.6 Å². The number of halogens is 4. The molecule has 2 rings (SSSR count). The quantitative estimate of drug-likeness (QED) is 0.746. The number of carbonyl (C=O) groups excluding carboxylic acids is 2. The highest BCUT2D eigenvalue weighted by atomic mass is 79.9. The third-order valence-corrected chi connectivity index (χ3v) is 3.61. The summed E-state index contributed by atoms with van der Waals surface area (Å²) in [5, 5.41) is 11.4. The number of nitrogens with zero attached hydrogens (tertiary/aromatic N) is 1. The zero-order valence-electron chi connectivity index (χ0n) is 11.4. The highest BCUT2D eigenvalue weighted by Gasteiger charge is 2.33. The molecule has 0 saturated carbocycles. The molecule has 0 bridgehead atoms. The van der Waals surface area contributed by atoms with E-state index < -0.39 is 30.5 Å². The molecule has 10 heteroatoms. The van der Waals surface area contributed by atoms with E-state index in [-0.39, 0.29) is 22.4 Å². The predicted molar refractivity (Wildman–Crippen MR) is 76.3 cm³/mol. The van der Waals surface area contributed by atoms with E-state index in [0.29, 0.717) is 0 Å². The molecule has 2 amide bonds. The van der Waals surface area contributed by atoms with Gasteiger partial charge in [-0.3, -0.25) is 14.5 Å². The highest BCUT2D eigenvalue weighted by molar-refractivity contribution is 9.10. The van der Waals surface area contributed by atoms with Gasteiger partial charge in [0.15, 0.2) is 0 Å². The van der Waals surface area contributed by atoms with Crippen molar-refractivity contribution >= 4 is 33.4 Å². The Morgan fingerprint density at radius 2 is 2.00 bits per heavy atom. The molecule has 124 valence electrons. The number of hydrogen-bond donors (Lipinski definition) is 2. The fourth-order valence-electron chi connectivity index (χ4n) is 1.87. The number of amides is 2. The molecule has 23 heavy (non-hydrogen) atoms. The van der Waals surface area contributed by atoms with Crippen molar-refractivity contribution in [2.24, 2.45) is 0 Å². The number of carbonyl (C=O) groups is 2. The van der Waals surface area contributed by atoms with E-state index in [4.69, 9.17) is 5.11 Å². The standard InChI is InChI=1S/C13H10BrF3N2O4/c14-11-7(2-1-3-9(11)23-13(15,16)17)18-8-6-10(21)19(4-5-20)12(8)22/h1-3,6,18,20H,4-5H2. The van der Waals surface area contributed by atoms with E-state index in [9.17, 15) is 22.8 Å². The Labute approximate surface area is 136 Å². The number of ether oxygens (including phenoxy) is 1. The Bertz CT molecular complexity index is 676. The largest absolute Gasteiger partial charge is 0.573 e. The number of β-amino-alcohol motifs (C(OH)–C–C–N with tert-alkyl or cyclic N) is 1. The molecule has 0 saturated heterocycles. The Hall–Kier alpha value is -2.07. The van der Waals surface area contributed by atoms with Crippen molar-refractivity contribution in [3.63, 3.8) is 0 Å². The van der Waals surface area contributed by atoms with Crippen LogP contribution in [0, 0.1) is 0 Å². The lowest BCUT2D eigenvalue weighted by Gasteiger charge is -2.15. The Morgan fingerprint density at radius 3 is 2.61 bits per heavy atom. The predicted octanol–water partition coefficient (Wildman–Crippen LogP) is 2.00.